The van der Waals surface area contributed by atoms with Crippen molar-refractivity contribution in [1.29, 1.82) is 0 Å². The highest BCUT2D eigenvalue weighted by atomic mass is 31.1. The van der Waals surface area contributed by atoms with E-state index in [4.69, 9.17) is 0 Å². The maximum Gasteiger partial charge on any atom is -0.0195 e. The Balaban J connectivity index is 1.22. The highest BCUT2D eigenvalue weighted by Gasteiger charge is 2.34. The standard InChI is InChI=1S/C45H45P3/c1-7-19-40(20-8-1)46(41-21-9-2-10-22-41)34-37-31-38(35-47(42-23-11-3-12-24-42)43-25-13-4-14-26-43)33-39(32-37)36-48(44-27-15-5-16-28-44)45-29-17-6-18-30-45/h1-30,37-39H,31-36H2. The van der Waals surface area contributed by atoms with Crippen LogP contribution in [0.15, 0.2) is 182 Å². The van der Waals surface area contributed by atoms with E-state index in [1.165, 1.54) is 69.6 Å². The summed E-state index contributed by atoms with van der Waals surface area (Å²) >= 11 is 0. The zero-order chi connectivity index (χ0) is 32.4. The predicted molar refractivity (Wildman–Crippen MR) is 216 cm³/mol. The molecule has 0 radical (unpaired) electrons. The van der Waals surface area contributed by atoms with Crippen LogP contribution in [0.4, 0.5) is 0 Å². The summed E-state index contributed by atoms with van der Waals surface area (Å²) in [5, 5.41) is 9.11. The van der Waals surface area contributed by atoms with Crippen LogP contribution in [-0.4, -0.2) is 18.5 Å². The Morgan fingerprint density at radius 3 is 0.604 bits per heavy atom. The van der Waals surface area contributed by atoms with Gasteiger partial charge in [-0.25, -0.2) is 0 Å². The molecule has 0 spiro atoms. The average Bonchev–Trinajstić information content (AvgIpc) is 3.17. The van der Waals surface area contributed by atoms with Gasteiger partial charge in [0.05, 0.1) is 0 Å². The van der Waals surface area contributed by atoms with Gasteiger partial charge in [-0.05, 0) is 111 Å². The second-order valence-corrected chi connectivity index (χ2v) is 19.9. The first-order valence-corrected chi connectivity index (χ1v) is 22.0. The molecule has 240 valence electrons. The lowest BCUT2D eigenvalue weighted by Gasteiger charge is -2.39. The third-order valence-electron chi connectivity index (χ3n) is 9.73. The summed E-state index contributed by atoms with van der Waals surface area (Å²) in [6, 6.07) is 68.4. The molecule has 0 N–H and O–H groups in total. The first-order valence-electron chi connectivity index (χ1n) is 17.4. The summed E-state index contributed by atoms with van der Waals surface area (Å²) in [5.74, 6) is 2.14. The molecule has 1 aliphatic carbocycles. The molecule has 0 atom stereocenters. The molecular formula is C45H45P3. The summed E-state index contributed by atoms with van der Waals surface area (Å²) in [4.78, 5) is 0. The van der Waals surface area contributed by atoms with E-state index in [0.717, 1.165) is 0 Å². The van der Waals surface area contributed by atoms with Gasteiger partial charge < -0.3 is 0 Å². The Hall–Kier alpha value is -3.39. The molecule has 0 unspecified atom stereocenters. The minimum Gasteiger partial charge on any atom is -0.0622 e. The van der Waals surface area contributed by atoms with Gasteiger partial charge in [0.15, 0.2) is 0 Å². The van der Waals surface area contributed by atoms with E-state index in [1.54, 1.807) is 0 Å². The molecule has 0 aromatic heterocycles. The Morgan fingerprint density at radius 2 is 0.438 bits per heavy atom. The minimum atomic E-state index is -0.417. The molecular weight excluding hydrogens is 633 g/mol. The zero-order valence-electron chi connectivity index (χ0n) is 27.6. The third-order valence-corrected chi connectivity index (χ3v) is 17.9. The fourth-order valence-corrected chi connectivity index (χ4v) is 15.4. The SMILES string of the molecule is c1ccc(P(CC2CC(CP(c3ccccc3)c3ccccc3)CC(CP(c3ccccc3)c3ccccc3)C2)c2ccccc2)cc1. The van der Waals surface area contributed by atoms with E-state index in [-0.39, 0.29) is 0 Å². The molecule has 0 saturated heterocycles. The van der Waals surface area contributed by atoms with E-state index in [0.29, 0.717) is 17.8 Å². The Bertz CT molecular complexity index is 1440. The summed E-state index contributed by atoms with van der Waals surface area (Å²) < 4.78 is 0. The molecule has 0 aliphatic heterocycles. The molecule has 0 nitrogen and oxygen atoms in total. The first kappa shape index (κ1) is 33.1. The second-order valence-electron chi connectivity index (χ2n) is 13.2. The molecule has 1 aliphatic rings. The van der Waals surface area contributed by atoms with Gasteiger partial charge >= 0.3 is 0 Å². The molecule has 6 aromatic carbocycles. The normalized spacial score (nSPS) is 17.9. The highest BCUT2D eigenvalue weighted by Crippen LogP contribution is 2.49. The highest BCUT2D eigenvalue weighted by molar-refractivity contribution is 7.73. The van der Waals surface area contributed by atoms with E-state index < -0.39 is 23.8 Å². The molecule has 48 heavy (non-hydrogen) atoms. The van der Waals surface area contributed by atoms with Crippen LogP contribution in [0.3, 0.4) is 0 Å². The number of hydrogen-bond acceptors (Lipinski definition) is 0. The van der Waals surface area contributed by atoms with Crippen molar-refractivity contribution >= 4 is 55.6 Å². The van der Waals surface area contributed by atoms with Crippen LogP contribution in [-0.2, 0) is 0 Å². The Labute approximate surface area is 291 Å². The minimum absolute atomic E-state index is 0.417. The predicted octanol–water partition coefficient (Wildman–Crippen LogP) is 9.42. The molecule has 0 bridgehead atoms. The maximum atomic E-state index is 2.38. The third kappa shape index (κ3) is 8.60. The average molecular weight is 679 g/mol. The van der Waals surface area contributed by atoms with E-state index in [9.17, 15) is 0 Å². The van der Waals surface area contributed by atoms with Gasteiger partial charge in [-0.2, -0.15) is 0 Å². The van der Waals surface area contributed by atoms with Crippen LogP contribution >= 0.6 is 23.8 Å². The molecule has 7 rings (SSSR count). The van der Waals surface area contributed by atoms with Gasteiger partial charge in [-0.15, -0.1) is 0 Å². The van der Waals surface area contributed by atoms with Crippen molar-refractivity contribution < 1.29 is 0 Å². The van der Waals surface area contributed by atoms with Crippen molar-refractivity contribution in [3.8, 4) is 0 Å². The van der Waals surface area contributed by atoms with Gasteiger partial charge in [-0.3, -0.25) is 0 Å². The number of hydrogen-bond donors (Lipinski definition) is 0. The molecule has 1 fully saturated rings. The van der Waals surface area contributed by atoms with Crippen molar-refractivity contribution in [2.24, 2.45) is 17.8 Å². The van der Waals surface area contributed by atoms with Crippen LogP contribution in [0.2, 0.25) is 0 Å². The Morgan fingerprint density at radius 1 is 0.271 bits per heavy atom. The summed E-state index contributed by atoms with van der Waals surface area (Å²) in [5.41, 5.74) is 0. The number of rotatable bonds is 12. The topological polar surface area (TPSA) is 0 Å². The van der Waals surface area contributed by atoms with Crippen molar-refractivity contribution in [3.05, 3.63) is 182 Å². The molecule has 3 heteroatoms. The molecule has 0 heterocycles. The fourth-order valence-electron chi connectivity index (χ4n) is 7.65. The van der Waals surface area contributed by atoms with Gasteiger partial charge in [0.25, 0.3) is 0 Å². The van der Waals surface area contributed by atoms with Crippen molar-refractivity contribution in [1.82, 2.24) is 0 Å². The van der Waals surface area contributed by atoms with Crippen LogP contribution < -0.4 is 31.8 Å². The first-order chi connectivity index (χ1) is 23.8. The van der Waals surface area contributed by atoms with Gasteiger partial charge in [0.2, 0.25) is 0 Å². The summed E-state index contributed by atoms with van der Waals surface area (Å²) in [7, 11) is -1.25. The molecule has 1 saturated carbocycles. The monoisotopic (exact) mass is 678 g/mol. The quantitative estimate of drug-likeness (QED) is 0.113. The van der Waals surface area contributed by atoms with Gasteiger partial charge in [0.1, 0.15) is 0 Å². The van der Waals surface area contributed by atoms with Gasteiger partial charge in [-0.1, -0.05) is 182 Å². The van der Waals surface area contributed by atoms with Crippen LogP contribution in [0.5, 0.6) is 0 Å². The van der Waals surface area contributed by atoms with Crippen LogP contribution in [0.25, 0.3) is 0 Å². The van der Waals surface area contributed by atoms with Gasteiger partial charge in [0, 0.05) is 0 Å². The van der Waals surface area contributed by atoms with Crippen LogP contribution in [0.1, 0.15) is 19.3 Å². The Kier molecular flexibility index (Phi) is 11.6. The lowest BCUT2D eigenvalue weighted by molar-refractivity contribution is 0.241. The zero-order valence-corrected chi connectivity index (χ0v) is 30.3. The van der Waals surface area contributed by atoms with Crippen molar-refractivity contribution in [2.45, 2.75) is 19.3 Å². The smallest absolute Gasteiger partial charge is 0.0195 e. The number of benzene rings is 6. The van der Waals surface area contributed by atoms with Crippen LogP contribution in [0, 0.1) is 17.8 Å². The molecule has 6 aromatic rings. The second kappa shape index (κ2) is 16.8. The maximum absolute atomic E-state index is 2.38. The summed E-state index contributed by atoms with van der Waals surface area (Å²) in [6.07, 6.45) is 7.84. The summed E-state index contributed by atoms with van der Waals surface area (Å²) in [6.45, 7) is 0. The van der Waals surface area contributed by atoms with E-state index in [2.05, 4.69) is 182 Å². The van der Waals surface area contributed by atoms with Crippen molar-refractivity contribution in [2.75, 3.05) is 18.5 Å². The lowest BCUT2D eigenvalue weighted by Crippen LogP contribution is -2.32. The lowest BCUT2D eigenvalue weighted by atomic mass is 9.77. The van der Waals surface area contributed by atoms with E-state index >= 15 is 0 Å². The van der Waals surface area contributed by atoms with E-state index in [1.807, 2.05) is 0 Å². The van der Waals surface area contributed by atoms with Crippen molar-refractivity contribution in [3.63, 3.8) is 0 Å². The molecule has 0 amide bonds. The largest absolute Gasteiger partial charge is 0.0622 e. The fraction of sp³-hybridized carbons (Fsp3) is 0.200.